The molecular formula is C16H29IN4O2. The Morgan fingerprint density at radius 1 is 1.35 bits per heavy atom. The number of rotatable bonds is 8. The van der Waals surface area contributed by atoms with Crippen molar-refractivity contribution in [2.45, 2.75) is 39.3 Å². The van der Waals surface area contributed by atoms with Crippen LogP contribution in [0.3, 0.4) is 0 Å². The van der Waals surface area contributed by atoms with Gasteiger partial charge in [0.1, 0.15) is 0 Å². The standard InChI is InChI=1S/C16H28N4O2.HI/c1-6-10-22-14-13(8-7-9-18-14)11-19-15(17-4)20-12-16(2,3)21-5;/h7-9H,6,10-12H2,1-5H3,(H2,17,19,20);1H. The number of pyridine rings is 1. The number of nitrogens with one attached hydrogen (secondary N) is 2. The van der Waals surface area contributed by atoms with Crippen LogP contribution in [0.25, 0.3) is 0 Å². The molecule has 2 N–H and O–H groups in total. The molecule has 0 atom stereocenters. The third-order valence-electron chi connectivity index (χ3n) is 3.20. The van der Waals surface area contributed by atoms with Crippen LogP contribution < -0.4 is 15.4 Å². The Kier molecular flexibility index (Phi) is 10.9. The van der Waals surface area contributed by atoms with E-state index in [2.05, 4.69) is 27.5 Å². The predicted octanol–water partition coefficient (Wildman–Crippen LogP) is 2.58. The molecule has 7 heteroatoms. The summed E-state index contributed by atoms with van der Waals surface area (Å²) in [6, 6.07) is 3.90. The molecule has 23 heavy (non-hydrogen) atoms. The number of guanidine groups is 1. The minimum atomic E-state index is -0.249. The maximum absolute atomic E-state index is 5.65. The van der Waals surface area contributed by atoms with Gasteiger partial charge in [-0.2, -0.15) is 0 Å². The van der Waals surface area contributed by atoms with E-state index in [-0.39, 0.29) is 29.6 Å². The Bertz CT molecular complexity index is 481. The molecule has 0 radical (unpaired) electrons. The molecule has 0 unspecified atom stereocenters. The van der Waals surface area contributed by atoms with Crippen molar-refractivity contribution in [1.82, 2.24) is 15.6 Å². The Morgan fingerprint density at radius 2 is 2.09 bits per heavy atom. The monoisotopic (exact) mass is 436 g/mol. The van der Waals surface area contributed by atoms with Gasteiger partial charge in [-0.25, -0.2) is 4.98 Å². The molecule has 0 bridgehead atoms. The van der Waals surface area contributed by atoms with Crippen molar-refractivity contribution >= 4 is 29.9 Å². The van der Waals surface area contributed by atoms with Gasteiger partial charge in [0.2, 0.25) is 5.88 Å². The van der Waals surface area contributed by atoms with E-state index in [1.807, 2.05) is 26.0 Å². The fourth-order valence-corrected chi connectivity index (χ4v) is 1.66. The van der Waals surface area contributed by atoms with Gasteiger partial charge >= 0.3 is 0 Å². The molecule has 6 nitrogen and oxygen atoms in total. The molecule has 0 saturated carbocycles. The number of hydrogen-bond donors (Lipinski definition) is 2. The Labute approximate surface area is 156 Å². The molecular weight excluding hydrogens is 407 g/mol. The van der Waals surface area contributed by atoms with E-state index in [9.17, 15) is 0 Å². The Morgan fingerprint density at radius 3 is 2.70 bits per heavy atom. The first-order chi connectivity index (χ1) is 10.5. The molecule has 0 amide bonds. The third kappa shape index (κ3) is 8.36. The molecule has 132 valence electrons. The lowest BCUT2D eigenvalue weighted by Crippen LogP contribution is -2.45. The number of nitrogens with zero attached hydrogens (tertiary/aromatic N) is 2. The first-order valence-electron chi connectivity index (χ1n) is 7.58. The normalized spacial score (nSPS) is 11.6. The largest absolute Gasteiger partial charge is 0.477 e. The fraction of sp³-hybridized carbons (Fsp3) is 0.625. The molecule has 1 aromatic heterocycles. The van der Waals surface area contributed by atoms with E-state index in [0.717, 1.165) is 17.9 Å². The third-order valence-corrected chi connectivity index (χ3v) is 3.20. The summed E-state index contributed by atoms with van der Waals surface area (Å²) in [6.07, 6.45) is 2.70. The number of aliphatic imine (C=N–C) groups is 1. The van der Waals surface area contributed by atoms with Gasteiger partial charge in [0.05, 0.1) is 12.2 Å². The first kappa shape index (κ1) is 21.9. The maximum Gasteiger partial charge on any atom is 0.218 e. The van der Waals surface area contributed by atoms with Gasteiger partial charge in [-0.15, -0.1) is 24.0 Å². The van der Waals surface area contributed by atoms with E-state index < -0.39 is 0 Å². The van der Waals surface area contributed by atoms with E-state index >= 15 is 0 Å². The van der Waals surface area contributed by atoms with Crippen molar-refractivity contribution < 1.29 is 9.47 Å². The zero-order valence-electron chi connectivity index (χ0n) is 14.7. The minimum absolute atomic E-state index is 0. The summed E-state index contributed by atoms with van der Waals surface area (Å²) >= 11 is 0. The van der Waals surface area contributed by atoms with Crippen LogP contribution >= 0.6 is 24.0 Å². The maximum atomic E-state index is 5.65. The summed E-state index contributed by atoms with van der Waals surface area (Å²) in [5.74, 6) is 1.39. The molecule has 0 aromatic carbocycles. The average Bonchev–Trinajstić information content (AvgIpc) is 2.54. The highest BCUT2D eigenvalue weighted by Gasteiger charge is 2.16. The molecule has 0 spiro atoms. The van der Waals surface area contributed by atoms with Crippen LogP contribution in [0.15, 0.2) is 23.3 Å². The molecule has 1 aromatic rings. The molecule has 0 fully saturated rings. The van der Waals surface area contributed by atoms with Crippen molar-refractivity contribution in [3.63, 3.8) is 0 Å². The number of halogens is 1. The highest BCUT2D eigenvalue weighted by atomic mass is 127. The summed E-state index contributed by atoms with van der Waals surface area (Å²) in [5.41, 5.74) is 0.756. The quantitative estimate of drug-likeness (QED) is 0.373. The SMILES string of the molecule is CCCOc1ncccc1CNC(=NC)NCC(C)(C)OC.I. The van der Waals surface area contributed by atoms with Crippen LogP contribution in [0.1, 0.15) is 32.8 Å². The predicted molar refractivity (Wildman–Crippen MR) is 105 cm³/mol. The molecule has 0 aliphatic carbocycles. The number of hydrogen-bond acceptors (Lipinski definition) is 4. The van der Waals surface area contributed by atoms with Crippen LogP contribution in [0.2, 0.25) is 0 Å². The lowest BCUT2D eigenvalue weighted by molar-refractivity contribution is 0.0268. The molecule has 0 saturated heterocycles. The molecule has 0 aliphatic heterocycles. The second-order valence-electron chi connectivity index (χ2n) is 5.56. The van der Waals surface area contributed by atoms with Crippen LogP contribution in [-0.4, -0.2) is 43.9 Å². The van der Waals surface area contributed by atoms with Gasteiger partial charge in [-0.1, -0.05) is 13.0 Å². The van der Waals surface area contributed by atoms with E-state index in [4.69, 9.17) is 9.47 Å². The number of methoxy groups -OCH3 is 1. The lowest BCUT2D eigenvalue weighted by atomic mass is 10.1. The molecule has 1 heterocycles. The van der Waals surface area contributed by atoms with Gasteiger partial charge in [-0.05, 0) is 26.3 Å². The minimum Gasteiger partial charge on any atom is -0.477 e. The second kappa shape index (κ2) is 11.4. The summed E-state index contributed by atoms with van der Waals surface area (Å²) < 4.78 is 11.0. The topological polar surface area (TPSA) is 67.8 Å². The van der Waals surface area contributed by atoms with Gasteiger partial charge in [0, 0.05) is 39.0 Å². The van der Waals surface area contributed by atoms with Crippen molar-refractivity contribution in [2.75, 3.05) is 27.3 Å². The van der Waals surface area contributed by atoms with E-state index in [1.54, 1.807) is 20.4 Å². The molecule has 0 aliphatic rings. The lowest BCUT2D eigenvalue weighted by Gasteiger charge is -2.24. The van der Waals surface area contributed by atoms with Gasteiger partial charge < -0.3 is 20.1 Å². The van der Waals surface area contributed by atoms with Crippen LogP contribution in [0.5, 0.6) is 5.88 Å². The van der Waals surface area contributed by atoms with Crippen molar-refractivity contribution in [2.24, 2.45) is 4.99 Å². The zero-order valence-corrected chi connectivity index (χ0v) is 17.0. The smallest absolute Gasteiger partial charge is 0.218 e. The number of ether oxygens (including phenoxy) is 2. The Hall–Kier alpha value is -1.09. The van der Waals surface area contributed by atoms with Gasteiger partial charge in [0.25, 0.3) is 0 Å². The van der Waals surface area contributed by atoms with Crippen molar-refractivity contribution in [3.8, 4) is 5.88 Å². The first-order valence-corrected chi connectivity index (χ1v) is 7.58. The summed E-state index contributed by atoms with van der Waals surface area (Å²) in [7, 11) is 3.44. The van der Waals surface area contributed by atoms with E-state index in [1.165, 1.54) is 0 Å². The highest BCUT2D eigenvalue weighted by Crippen LogP contribution is 2.14. The van der Waals surface area contributed by atoms with Crippen LogP contribution in [-0.2, 0) is 11.3 Å². The summed E-state index contributed by atoms with van der Waals surface area (Å²) in [4.78, 5) is 8.49. The highest BCUT2D eigenvalue weighted by molar-refractivity contribution is 14.0. The molecule has 1 rings (SSSR count). The summed E-state index contributed by atoms with van der Waals surface area (Å²) in [5, 5.41) is 6.51. The van der Waals surface area contributed by atoms with Gasteiger partial charge in [-0.3, -0.25) is 4.99 Å². The zero-order chi connectivity index (χ0) is 16.4. The van der Waals surface area contributed by atoms with Crippen molar-refractivity contribution in [1.29, 1.82) is 0 Å². The van der Waals surface area contributed by atoms with E-state index in [0.29, 0.717) is 25.6 Å². The van der Waals surface area contributed by atoms with Gasteiger partial charge in [0.15, 0.2) is 5.96 Å². The number of aromatic nitrogens is 1. The van der Waals surface area contributed by atoms with Crippen LogP contribution in [0.4, 0.5) is 0 Å². The average molecular weight is 436 g/mol. The van der Waals surface area contributed by atoms with Crippen LogP contribution in [0, 0.1) is 0 Å². The second-order valence-corrected chi connectivity index (χ2v) is 5.56. The summed E-state index contributed by atoms with van der Waals surface area (Å²) in [6.45, 7) is 8.04. The Balaban J connectivity index is 0.00000484. The van der Waals surface area contributed by atoms with Crippen molar-refractivity contribution in [3.05, 3.63) is 23.9 Å². The fourth-order valence-electron chi connectivity index (χ4n) is 1.66.